The van der Waals surface area contributed by atoms with E-state index in [0.717, 1.165) is 29.6 Å². The zero-order valence-electron chi connectivity index (χ0n) is 7.04. The van der Waals surface area contributed by atoms with Crippen LogP contribution in [0.3, 0.4) is 0 Å². The molecule has 0 aromatic rings. The molecular weight excluding hydrogens is 122 g/mol. The van der Waals surface area contributed by atoms with E-state index in [9.17, 15) is 0 Å². The second-order valence-electron chi connectivity index (χ2n) is 4.31. The zero-order chi connectivity index (χ0) is 7.46. The average Bonchev–Trinajstić information content (AvgIpc) is 1.78. The molecule has 1 unspecified atom stereocenters. The van der Waals surface area contributed by atoms with E-state index in [1.165, 1.54) is 0 Å². The van der Waals surface area contributed by atoms with Crippen molar-refractivity contribution in [1.29, 1.82) is 0 Å². The minimum atomic E-state index is 0.447. The fraction of sp³-hybridized carbons (Fsp3) is 1.00. The molecule has 1 nitrogen and oxygen atoms in total. The molecule has 0 saturated heterocycles. The molecule has 0 radical (unpaired) electrons. The first-order valence-electron chi connectivity index (χ1n) is 4.40. The fourth-order valence-electron chi connectivity index (χ4n) is 3.39. The second-order valence-corrected chi connectivity index (χ2v) is 4.31. The van der Waals surface area contributed by atoms with Crippen LogP contribution in [-0.2, 0) is 0 Å². The van der Waals surface area contributed by atoms with Gasteiger partial charge in [-0.3, -0.25) is 0 Å². The van der Waals surface area contributed by atoms with E-state index in [-0.39, 0.29) is 0 Å². The summed E-state index contributed by atoms with van der Waals surface area (Å²) in [5.41, 5.74) is 5.84. The molecule has 0 aromatic heterocycles. The van der Waals surface area contributed by atoms with Crippen LogP contribution in [0.2, 0.25) is 0 Å². The van der Waals surface area contributed by atoms with Crippen LogP contribution in [0.15, 0.2) is 0 Å². The summed E-state index contributed by atoms with van der Waals surface area (Å²) in [6, 6.07) is 0.447. The van der Waals surface area contributed by atoms with Crippen molar-refractivity contribution in [3.63, 3.8) is 0 Å². The van der Waals surface area contributed by atoms with Gasteiger partial charge in [0, 0.05) is 6.04 Å². The third-order valence-corrected chi connectivity index (χ3v) is 3.92. The number of nitrogens with two attached hydrogens (primary N) is 1. The summed E-state index contributed by atoms with van der Waals surface area (Å²) in [6.45, 7) is 6.89. The first-order chi connectivity index (χ1) is 4.64. The first kappa shape index (κ1) is 6.66. The molecule has 3 aliphatic rings. The molecule has 2 N–H and O–H groups in total. The van der Waals surface area contributed by atoms with Crippen molar-refractivity contribution in [2.75, 3.05) is 0 Å². The van der Waals surface area contributed by atoms with Crippen molar-refractivity contribution >= 4 is 0 Å². The monoisotopic (exact) mass is 139 g/mol. The molecule has 58 valence electrons. The van der Waals surface area contributed by atoms with Gasteiger partial charge in [-0.2, -0.15) is 0 Å². The Labute approximate surface area is 63.0 Å². The molecule has 3 fully saturated rings. The highest BCUT2D eigenvalue weighted by molar-refractivity contribution is 5.13. The number of hydrogen-bond donors (Lipinski definition) is 1. The van der Waals surface area contributed by atoms with Gasteiger partial charge in [-0.05, 0) is 36.5 Å². The van der Waals surface area contributed by atoms with Gasteiger partial charge in [0.25, 0.3) is 0 Å². The molecule has 1 heteroatoms. The summed E-state index contributed by atoms with van der Waals surface area (Å²) in [5, 5.41) is 0. The summed E-state index contributed by atoms with van der Waals surface area (Å²) in [6.07, 6.45) is 0. The SMILES string of the molecule is CC(N)C1C2C(C)C1C2C. The maximum atomic E-state index is 5.84. The van der Waals surface area contributed by atoms with Crippen LogP contribution in [0.25, 0.3) is 0 Å². The van der Waals surface area contributed by atoms with Gasteiger partial charge >= 0.3 is 0 Å². The van der Waals surface area contributed by atoms with Gasteiger partial charge in [0.15, 0.2) is 0 Å². The molecule has 3 saturated carbocycles. The van der Waals surface area contributed by atoms with Crippen LogP contribution in [0.5, 0.6) is 0 Å². The van der Waals surface area contributed by atoms with Crippen molar-refractivity contribution in [2.45, 2.75) is 26.8 Å². The summed E-state index contributed by atoms with van der Waals surface area (Å²) >= 11 is 0. The third kappa shape index (κ3) is 0.493. The van der Waals surface area contributed by atoms with Gasteiger partial charge < -0.3 is 5.73 Å². The predicted molar refractivity (Wildman–Crippen MR) is 42.4 cm³/mol. The Bertz CT molecular complexity index is 120. The van der Waals surface area contributed by atoms with E-state index < -0.39 is 0 Å². The lowest BCUT2D eigenvalue weighted by Gasteiger charge is -2.70. The minimum absolute atomic E-state index is 0.447. The Morgan fingerprint density at radius 2 is 1.50 bits per heavy atom. The Morgan fingerprint density at radius 1 is 1.10 bits per heavy atom. The second kappa shape index (κ2) is 1.76. The van der Waals surface area contributed by atoms with Crippen molar-refractivity contribution in [1.82, 2.24) is 0 Å². The molecule has 0 amide bonds. The van der Waals surface area contributed by atoms with Gasteiger partial charge in [0.1, 0.15) is 0 Å². The highest BCUT2D eigenvalue weighted by Gasteiger charge is 2.64. The predicted octanol–water partition coefficient (Wildman–Crippen LogP) is 1.48. The van der Waals surface area contributed by atoms with Crippen LogP contribution in [-0.4, -0.2) is 6.04 Å². The maximum Gasteiger partial charge on any atom is 0.00444 e. The largest absolute Gasteiger partial charge is 0.328 e. The average molecular weight is 139 g/mol. The standard InChI is InChI=1S/C9H17N/c1-4-7-5(2)8(4)9(7)6(3)10/h4-9H,10H2,1-3H3. The summed E-state index contributed by atoms with van der Waals surface area (Å²) in [4.78, 5) is 0. The lowest BCUT2D eigenvalue weighted by Crippen LogP contribution is -2.69. The van der Waals surface area contributed by atoms with Gasteiger partial charge in [0.2, 0.25) is 0 Å². The highest BCUT2D eigenvalue weighted by Crippen LogP contribution is 2.67. The Balaban J connectivity index is 2.00. The van der Waals surface area contributed by atoms with Gasteiger partial charge in [-0.1, -0.05) is 13.8 Å². The van der Waals surface area contributed by atoms with Gasteiger partial charge in [-0.15, -0.1) is 0 Å². The quantitative estimate of drug-likeness (QED) is 0.585. The van der Waals surface area contributed by atoms with Crippen molar-refractivity contribution in [3.05, 3.63) is 0 Å². The van der Waals surface area contributed by atoms with Crippen LogP contribution in [0, 0.1) is 29.6 Å². The summed E-state index contributed by atoms with van der Waals surface area (Å²) < 4.78 is 0. The minimum Gasteiger partial charge on any atom is -0.328 e. The molecule has 1 atom stereocenters. The molecule has 0 spiro atoms. The topological polar surface area (TPSA) is 26.0 Å². The van der Waals surface area contributed by atoms with E-state index in [2.05, 4.69) is 20.8 Å². The third-order valence-electron chi connectivity index (χ3n) is 3.92. The van der Waals surface area contributed by atoms with E-state index in [0.29, 0.717) is 6.04 Å². The van der Waals surface area contributed by atoms with Crippen molar-refractivity contribution in [2.24, 2.45) is 35.3 Å². The Kier molecular flexibility index (Phi) is 1.17. The normalized spacial score (nSPS) is 60.6. The highest BCUT2D eigenvalue weighted by atomic mass is 14.8. The molecule has 0 aromatic carbocycles. The van der Waals surface area contributed by atoms with Crippen LogP contribution in [0.1, 0.15) is 20.8 Å². The van der Waals surface area contributed by atoms with Crippen LogP contribution < -0.4 is 5.73 Å². The lowest BCUT2D eigenvalue weighted by atomic mass is 9.35. The van der Waals surface area contributed by atoms with E-state index >= 15 is 0 Å². The first-order valence-corrected chi connectivity index (χ1v) is 4.40. The Morgan fingerprint density at radius 3 is 1.60 bits per heavy atom. The molecule has 3 aliphatic carbocycles. The molecule has 0 heterocycles. The molecule has 0 aliphatic heterocycles. The number of hydrogen-bond acceptors (Lipinski definition) is 1. The zero-order valence-corrected chi connectivity index (χ0v) is 7.04. The van der Waals surface area contributed by atoms with E-state index in [1.54, 1.807) is 0 Å². The summed E-state index contributed by atoms with van der Waals surface area (Å²) in [5.74, 6) is 4.82. The smallest absolute Gasteiger partial charge is 0.00444 e. The molecule has 10 heavy (non-hydrogen) atoms. The molecule has 2 bridgehead atoms. The van der Waals surface area contributed by atoms with E-state index in [4.69, 9.17) is 5.73 Å². The number of rotatable bonds is 1. The van der Waals surface area contributed by atoms with Crippen LogP contribution >= 0.6 is 0 Å². The fourth-order valence-corrected chi connectivity index (χ4v) is 3.39. The Hall–Kier alpha value is -0.0400. The van der Waals surface area contributed by atoms with Crippen molar-refractivity contribution in [3.8, 4) is 0 Å². The van der Waals surface area contributed by atoms with E-state index in [1.807, 2.05) is 0 Å². The van der Waals surface area contributed by atoms with Crippen LogP contribution in [0.4, 0.5) is 0 Å². The summed E-state index contributed by atoms with van der Waals surface area (Å²) in [7, 11) is 0. The van der Waals surface area contributed by atoms with Crippen molar-refractivity contribution < 1.29 is 0 Å². The maximum absolute atomic E-state index is 5.84. The van der Waals surface area contributed by atoms with Gasteiger partial charge in [0.05, 0.1) is 0 Å². The van der Waals surface area contributed by atoms with Gasteiger partial charge in [-0.25, -0.2) is 0 Å². The lowest BCUT2D eigenvalue weighted by molar-refractivity contribution is -0.222. The molecular formula is C9H17N. The molecule has 3 rings (SSSR count).